The lowest BCUT2D eigenvalue weighted by molar-refractivity contribution is 0.475. The van der Waals surface area contributed by atoms with Crippen molar-refractivity contribution >= 4 is 0 Å². The molecule has 1 atom stereocenters. The quantitative estimate of drug-likeness (QED) is 0.779. The molecule has 1 aromatic carbocycles. The van der Waals surface area contributed by atoms with Gasteiger partial charge in [0, 0.05) is 6.04 Å². The number of benzene rings is 1. The second-order valence-electron chi connectivity index (χ2n) is 4.84. The minimum absolute atomic E-state index is 0.134. The van der Waals surface area contributed by atoms with E-state index in [9.17, 15) is 4.39 Å². The third kappa shape index (κ3) is 5.26. The Kier molecular flexibility index (Phi) is 5.47. The van der Waals surface area contributed by atoms with E-state index in [1.165, 1.54) is 6.07 Å². The van der Waals surface area contributed by atoms with Crippen molar-refractivity contribution in [3.05, 3.63) is 35.6 Å². The summed E-state index contributed by atoms with van der Waals surface area (Å²) in [5, 5.41) is 3.40. The summed E-state index contributed by atoms with van der Waals surface area (Å²) in [7, 11) is 0. The molecule has 0 saturated carbocycles. The van der Waals surface area contributed by atoms with Gasteiger partial charge in [-0.05, 0) is 43.0 Å². The maximum absolute atomic E-state index is 13.0. The Morgan fingerprint density at radius 3 is 2.62 bits per heavy atom. The van der Waals surface area contributed by atoms with Crippen LogP contribution in [-0.4, -0.2) is 12.6 Å². The molecule has 0 fully saturated rings. The second-order valence-corrected chi connectivity index (χ2v) is 4.84. The number of rotatable bonds is 6. The molecule has 0 aliphatic rings. The van der Waals surface area contributed by atoms with Crippen LogP contribution in [0.5, 0.6) is 0 Å². The molecule has 0 heterocycles. The molecule has 1 unspecified atom stereocenters. The monoisotopic (exact) mass is 223 g/mol. The summed E-state index contributed by atoms with van der Waals surface area (Å²) in [5.41, 5.74) is 1.09. The summed E-state index contributed by atoms with van der Waals surface area (Å²) in [6.07, 6.45) is 2.09. The van der Waals surface area contributed by atoms with Gasteiger partial charge in [0.25, 0.3) is 0 Å². The van der Waals surface area contributed by atoms with Crippen molar-refractivity contribution in [2.75, 3.05) is 6.54 Å². The molecular weight excluding hydrogens is 201 g/mol. The molecule has 0 spiro atoms. The van der Waals surface area contributed by atoms with Crippen molar-refractivity contribution in [2.45, 2.75) is 39.7 Å². The van der Waals surface area contributed by atoms with E-state index in [0.29, 0.717) is 12.0 Å². The predicted molar refractivity (Wildman–Crippen MR) is 67.0 cm³/mol. The maximum Gasteiger partial charge on any atom is 0.123 e. The Morgan fingerprint density at radius 2 is 2.00 bits per heavy atom. The zero-order valence-electron chi connectivity index (χ0n) is 10.5. The molecule has 0 aliphatic heterocycles. The molecule has 1 nitrogen and oxygen atoms in total. The third-order valence-electron chi connectivity index (χ3n) is 2.66. The van der Waals surface area contributed by atoms with E-state index in [0.717, 1.165) is 24.9 Å². The van der Waals surface area contributed by atoms with Gasteiger partial charge in [-0.2, -0.15) is 0 Å². The minimum Gasteiger partial charge on any atom is -0.315 e. The van der Waals surface area contributed by atoms with Gasteiger partial charge in [-0.1, -0.05) is 32.9 Å². The minimum atomic E-state index is -0.134. The van der Waals surface area contributed by atoms with Crippen LogP contribution >= 0.6 is 0 Å². The fourth-order valence-electron chi connectivity index (χ4n) is 1.79. The van der Waals surface area contributed by atoms with Gasteiger partial charge < -0.3 is 5.32 Å². The third-order valence-corrected chi connectivity index (χ3v) is 2.66. The maximum atomic E-state index is 13.0. The zero-order chi connectivity index (χ0) is 12.0. The smallest absolute Gasteiger partial charge is 0.123 e. The summed E-state index contributed by atoms with van der Waals surface area (Å²) < 4.78 is 13.0. The lowest BCUT2D eigenvalue weighted by atomic mass is 9.98. The van der Waals surface area contributed by atoms with Crippen molar-refractivity contribution < 1.29 is 4.39 Å². The Morgan fingerprint density at radius 1 is 1.25 bits per heavy atom. The Bertz CT molecular complexity index is 309. The topological polar surface area (TPSA) is 12.0 Å². The van der Waals surface area contributed by atoms with Crippen LogP contribution in [0.25, 0.3) is 0 Å². The molecule has 0 radical (unpaired) electrons. The number of hydrogen-bond donors (Lipinski definition) is 1. The highest BCUT2D eigenvalue weighted by molar-refractivity contribution is 5.16. The number of hydrogen-bond acceptors (Lipinski definition) is 1. The SMILES string of the molecule is CC(CCNC(C)C)Cc1cccc(F)c1. The molecule has 0 amide bonds. The highest BCUT2D eigenvalue weighted by Crippen LogP contribution is 2.12. The lowest BCUT2D eigenvalue weighted by Gasteiger charge is -2.13. The molecule has 0 aliphatic carbocycles. The van der Waals surface area contributed by atoms with E-state index < -0.39 is 0 Å². The largest absolute Gasteiger partial charge is 0.315 e. The van der Waals surface area contributed by atoms with Crippen LogP contribution in [0.3, 0.4) is 0 Å². The van der Waals surface area contributed by atoms with Crippen molar-refractivity contribution in [2.24, 2.45) is 5.92 Å². The van der Waals surface area contributed by atoms with Gasteiger partial charge in [0.2, 0.25) is 0 Å². The normalized spacial score (nSPS) is 13.1. The average Bonchev–Trinajstić information content (AvgIpc) is 2.16. The highest BCUT2D eigenvalue weighted by Gasteiger charge is 2.04. The first kappa shape index (κ1) is 13.2. The van der Waals surface area contributed by atoms with Crippen LogP contribution in [0.4, 0.5) is 4.39 Å². The van der Waals surface area contributed by atoms with E-state index in [-0.39, 0.29) is 5.82 Å². The van der Waals surface area contributed by atoms with Crippen LogP contribution < -0.4 is 5.32 Å². The van der Waals surface area contributed by atoms with Gasteiger partial charge in [-0.25, -0.2) is 4.39 Å². The van der Waals surface area contributed by atoms with Crippen LogP contribution in [0.2, 0.25) is 0 Å². The summed E-state index contributed by atoms with van der Waals surface area (Å²) in [6, 6.07) is 7.45. The standard InChI is InChI=1S/C14H22FN/c1-11(2)16-8-7-12(3)9-13-5-4-6-14(15)10-13/h4-6,10-12,16H,7-9H2,1-3H3. The second kappa shape index (κ2) is 6.64. The Labute approximate surface area is 98.1 Å². The summed E-state index contributed by atoms with van der Waals surface area (Å²) >= 11 is 0. The van der Waals surface area contributed by atoms with Crippen LogP contribution in [-0.2, 0) is 6.42 Å². The number of nitrogens with one attached hydrogen (secondary N) is 1. The molecule has 1 N–H and O–H groups in total. The van der Waals surface area contributed by atoms with Crippen molar-refractivity contribution in [3.8, 4) is 0 Å². The van der Waals surface area contributed by atoms with Gasteiger partial charge in [0.1, 0.15) is 5.82 Å². The fraction of sp³-hybridized carbons (Fsp3) is 0.571. The van der Waals surface area contributed by atoms with Crippen molar-refractivity contribution in [3.63, 3.8) is 0 Å². The molecule has 90 valence electrons. The molecule has 0 saturated heterocycles. The zero-order valence-corrected chi connectivity index (χ0v) is 10.5. The van der Waals surface area contributed by atoms with Gasteiger partial charge in [-0.3, -0.25) is 0 Å². The van der Waals surface area contributed by atoms with E-state index in [4.69, 9.17) is 0 Å². The highest BCUT2D eigenvalue weighted by atomic mass is 19.1. The lowest BCUT2D eigenvalue weighted by Crippen LogP contribution is -2.25. The predicted octanol–water partition coefficient (Wildman–Crippen LogP) is 3.39. The molecule has 0 aromatic heterocycles. The first-order valence-corrected chi connectivity index (χ1v) is 6.05. The van der Waals surface area contributed by atoms with E-state index in [1.807, 2.05) is 6.07 Å². The molecule has 1 rings (SSSR count). The average molecular weight is 223 g/mol. The Balaban J connectivity index is 2.31. The summed E-state index contributed by atoms with van der Waals surface area (Å²) in [6.45, 7) is 7.55. The first-order valence-electron chi connectivity index (χ1n) is 6.05. The first-order chi connectivity index (χ1) is 7.58. The molecular formula is C14H22FN. The summed E-state index contributed by atoms with van der Waals surface area (Å²) in [5.74, 6) is 0.457. The molecule has 16 heavy (non-hydrogen) atoms. The van der Waals surface area contributed by atoms with Crippen molar-refractivity contribution in [1.29, 1.82) is 0 Å². The molecule has 2 heteroatoms. The van der Waals surface area contributed by atoms with Crippen LogP contribution in [0, 0.1) is 11.7 Å². The van der Waals surface area contributed by atoms with Crippen LogP contribution in [0.15, 0.2) is 24.3 Å². The van der Waals surface area contributed by atoms with Gasteiger partial charge in [-0.15, -0.1) is 0 Å². The van der Waals surface area contributed by atoms with Gasteiger partial charge in [0.15, 0.2) is 0 Å². The van der Waals surface area contributed by atoms with E-state index >= 15 is 0 Å². The summed E-state index contributed by atoms with van der Waals surface area (Å²) in [4.78, 5) is 0. The van der Waals surface area contributed by atoms with Crippen molar-refractivity contribution in [1.82, 2.24) is 5.32 Å². The van der Waals surface area contributed by atoms with Crippen LogP contribution in [0.1, 0.15) is 32.8 Å². The molecule has 1 aromatic rings. The van der Waals surface area contributed by atoms with E-state index in [2.05, 4.69) is 26.1 Å². The van der Waals surface area contributed by atoms with Gasteiger partial charge >= 0.3 is 0 Å². The Hall–Kier alpha value is -0.890. The number of halogens is 1. The molecule has 0 bridgehead atoms. The van der Waals surface area contributed by atoms with E-state index in [1.54, 1.807) is 12.1 Å². The fourth-order valence-corrected chi connectivity index (χ4v) is 1.79. The van der Waals surface area contributed by atoms with Gasteiger partial charge in [0.05, 0.1) is 0 Å².